The number of nitrogens with zero attached hydrogens (tertiary/aromatic N) is 2. The van der Waals surface area contributed by atoms with Crippen LogP contribution in [0.1, 0.15) is 68.4 Å². The van der Waals surface area contributed by atoms with Gasteiger partial charge in [-0.25, -0.2) is 0 Å². The summed E-state index contributed by atoms with van der Waals surface area (Å²) < 4.78 is 8.02. The zero-order valence-electron chi connectivity index (χ0n) is 16.1. The van der Waals surface area contributed by atoms with Crippen molar-refractivity contribution in [1.29, 1.82) is 0 Å². The Kier molecular flexibility index (Phi) is 5.46. The highest BCUT2D eigenvalue weighted by Gasteiger charge is 2.27. The van der Waals surface area contributed by atoms with Gasteiger partial charge < -0.3 is 10.1 Å². The monoisotopic (exact) mass is 367 g/mol. The summed E-state index contributed by atoms with van der Waals surface area (Å²) in [5.74, 6) is 0.613. The molecule has 5 heteroatoms. The Morgan fingerprint density at radius 2 is 1.93 bits per heavy atom. The third kappa shape index (κ3) is 4.02. The number of hydrogen-bond acceptors (Lipinski definition) is 3. The summed E-state index contributed by atoms with van der Waals surface area (Å²) in [5, 5.41) is 7.98. The summed E-state index contributed by atoms with van der Waals surface area (Å²) in [7, 11) is 0. The Morgan fingerprint density at radius 3 is 2.70 bits per heavy atom. The zero-order chi connectivity index (χ0) is 18.6. The Bertz CT molecular complexity index is 778. The van der Waals surface area contributed by atoms with Crippen LogP contribution in [0.25, 0.3) is 0 Å². The second kappa shape index (κ2) is 8.15. The molecule has 144 valence electrons. The van der Waals surface area contributed by atoms with Crippen molar-refractivity contribution in [2.75, 3.05) is 0 Å². The van der Waals surface area contributed by atoms with Crippen molar-refractivity contribution in [2.45, 2.75) is 77.0 Å². The molecule has 1 aromatic heterocycles. The van der Waals surface area contributed by atoms with Crippen LogP contribution < -0.4 is 10.1 Å². The lowest BCUT2D eigenvalue weighted by molar-refractivity contribution is -0.127. The van der Waals surface area contributed by atoms with Crippen LogP contribution >= 0.6 is 0 Å². The van der Waals surface area contributed by atoms with Crippen molar-refractivity contribution >= 4 is 5.91 Å². The van der Waals surface area contributed by atoms with E-state index in [2.05, 4.69) is 10.00 Å². The van der Waals surface area contributed by atoms with E-state index in [9.17, 15) is 4.79 Å². The maximum absolute atomic E-state index is 12.5. The van der Waals surface area contributed by atoms with Gasteiger partial charge >= 0.3 is 0 Å². The molecule has 0 aliphatic heterocycles. The lowest BCUT2D eigenvalue weighted by Gasteiger charge is -2.18. The van der Waals surface area contributed by atoms with Crippen molar-refractivity contribution in [3.63, 3.8) is 0 Å². The topological polar surface area (TPSA) is 56.1 Å². The van der Waals surface area contributed by atoms with Crippen LogP contribution in [0.3, 0.4) is 0 Å². The van der Waals surface area contributed by atoms with E-state index in [4.69, 9.17) is 9.84 Å². The van der Waals surface area contributed by atoms with Gasteiger partial charge in [-0.1, -0.05) is 31.0 Å². The van der Waals surface area contributed by atoms with E-state index in [1.807, 2.05) is 30.3 Å². The molecule has 0 radical (unpaired) electrons. The van der Waals surface area contributed by atoms with Crippen LogP contribution in [-0.4, -0.2) is 21.8 Å². The number of aromatic nitrogens is 2. The summed E-state index contributed by atoms with van der Waals surface area (Å²) in [5.41, 5.74) is 3.85. The predicted molar refractivity (Wildman–Crippen MR) is 105 cm³/mol. The Labute approximate surface area is 161 Å². The van der Waals surface area contributed by atoms with E-state index in [0.29, 0.717) is 18.3 Å². The molecule has 1 fully saturated rings. The van der Waals surface area contributed by atoms with Gasteiger partial charge in [-0.2, -0.15) is 5.10 Å². The van der Waals surface area contributed by atoms with Gasteiger partial charge in [-0.3, -0.25) is 9.48 Å². The van der Waals surface area contributed by atoms with Crippen molar-refractivity contribution < 1.29 is 9.53 Å². The molecule has 2 aliphatic carbocycles. The molecule has 1 saturated carbocycles. The third-order valence-electron chi connectivity index (χ3n) is 5.82. The molecule has 2 aliphatic rings. The third-order valence-corrected chi connectivity index (χ3v) is 5.82. The van der Waals surface area contributed by atoms with Gasteiger partial charge in [0.05, 0.1) is 18.3 Å². The molecule has 0 saturated heterocycles. The molecule has 4 rings (SSSR count). The normalized spacial score (nSPS) is 18.1. The molecular weight excluding hydrogens is 338 g/mol. The SMILES string of the molecule is CC(Oc1ccccc1)C(=O)NCc1nn(C2CCCC2)c2c1CCCC2. The number of amides is 1. The lowest BCUT2D eigenvalue weighted by atomic mass is 9.95. The van der Waals surface area contributed by atoms with Crippen molar-refractivity contribution in [2.24, 2.45) is 0 Å². The first-order valence-corrected chi connectivity index (χ1v) is 10.3. The summed E-state index contributed by atoms with van der Waals surface area (Å²) in [6.45, 7) is 2.28. The Balaban J connectivity index is 1.42. The number of rotatable bonds is 6. The summed E-state index contributed by atoms with van der Waals surface area (Å²) in [6, 6.07) is 10.0. The molecule has 1 N–H and O–H groups in total. The van der Waals surface area contributed by atoms with E-state index < -0.39 is 6.10 Å². The van der Waals surface area contributed by atoms with Crippen LogP contribution in [0, 0.1) is 0 Å². The fraction of sp³-hybridized carbons (Fsp3) is 0.545. The van der Waals surface area contributed by atoms with Crippen LogP contribution in [0.2, 0.25) is 0 Å². The molecule has 2 aromatic rings. The van der Waals surface area contributed by atoms with E-state index >= 15 is 0 Å². The first-order chi connectivity index (χ1) is 13.2. The molecule has 1 amide bonds. The van der Waals surface area contributed by atoms with E-state index in [-0.39, 0.29) is 5.91 Å². The number of carbonyl (C=O) groups is 1. The van der Waals surface area contributed by atoms with Gasteiger partial charge in [0.15, 0.2) is 6.10 Å². The largest absolute Gasteiger partial charge is 0.481 e. The number of fused-ring (bicyclic) bond motifs is 1. The van der Waals surface area contributed by atoms with E-state index in [1.165, 1.54) is 49.8 Å². The number of hydrogen-bond donors (Lipinski definition) is 1. The molecule has 1 unspecified atom stereocenters. The molecular formula is C22H29N3O2. The summed E-state index contributed by atoms with van der Waals surface area (Å²) in [4.78, 5) is 12.5. The number of nitrogens with one attached hydrogen (secondary N) is 1. The first-order valence-electron chi connectivity index (χ1n) is 10.3. The molecule has 0 spiro atoms. The fourth-order valence-electron chi connectivity index (χ4n) is 4.37. The molecule has 27 heavy (non-hydrogen) atoms. The second-order valence-corrected chi connectivity index (χ2v) is 7.75. The smallest absolute Gasteiger partial charge is 0.261 e. The van der Waals surface area contributed by atoms with Gasteiger partial charge in [0.1, 0.15) is 5.75 Å². The van der Waals surface area contributed by atoms with Gasteiger partial charge in [-0.15, -0.1) is 0 Å². The van der Waals surface area contributed by atoms with Crippen molar-refractivity contribution in [3.05, 3.63) is 47.3 Å². The minimum Gasteiger partial charge on any atom is -0.481 e. The maximum atomic E-state index is 12.5. The number of para-hydroxylation sites is 1. The van der Waals surface area contributed by atoms with E-state index in [1.54, 1.807) is 6.92 Å². The minimum atomic E-state index is -0.528. The minimum absolute atomic E-state index is 0.0983. The highest BCUT2D eigenvalue weighted by atomic mass is 16.5. The number of ether oxygens (including phenoxy) is 1. The molecule has 5 nitrogen and oxygen atoms in total. The lowest BCUT2D eigenvalue weighted by Crippen LogP contribution is -2.36. The van der Waals surface area contributed by atoms with Crippen molar-refractivity contribution in [1.82, 2.24) is 15.1 Å². The maximum Gasteiger partial charge on any atom is 0.261 e. The van der Waals surface area contributed by atoms with Gasteiger partial charge in [0, 0.05) is 5.69 Å². The Morgan fingerprint density at radius 1 is 1.19 bits per heavy atom. The number of carbonyl (C=O) groups excluding carboxylic acids is 1. The van der Waals surface area contributed by atoms with Crippen LogP contribution in [0.5, 0.6) is 5.75 Å². The molecule has 1 atom stereocenters. The Hall–Kier alpha value is -2.30. The highest BCUT2D eigenvalue weighted by Crippen LogP contribution is 2.34. The quantitative estimate of drug-likeness (QED) is 0.841. The second-order valence-electron chi connectivity index (χ2n) is 7.75. The van der Waals surface area contributed by atoms with Gasteiger partial charge in [-0.05, 0) is 63.1 Å². The average Bonchev–Trinajstić information content (AvgIpc) is 3.35. The van der Waals surface area contributed by atoms with E-state index in [0.717, 1.165) is 18.5 Å². The predicted octanol–water partition coefficient (Wildman–Crippen LogP) is 3.96. The van der Waals surface area contributed by atoms with Crippen LogP contribution in [0.4, 0.5) is 0 Å². The number of benzene rings is 1. The fourth-order valence-corrected chi connectivity index (χ4v) is 4.37. The van der Waals surface area contributed by atoms with Crippen molar-refractivity contribution in [3.8, 4) is 5.75 Å². The summed E-state index contributed by atoms with van der Waals surface area (Å²) in [6.07, 6.45) is 9.24. The van der Waals surface area contributed by atoms with Gasteiger partial charge in [0.25, 0.3) is 5.91 Å². The standard InChI is InChI=1S/C22H29N3O2/c1-16(27-18-11-3-2-4-12-18)22(26)23-15-20-19-13-7-8-14-21(19)25(24-20)17-9-5-6-10-17/h2-4,11-12,16-17H,5-10,13-15H2,1H3,(H,23,26). The molecule has 0 bridgehead atoms. The zero-order valence-corrected chi connectivity index (χ0v) is 16.1. The van der Waals surface area contributed by atoms with Crippen LogP contribution in [0.15, 0.2) is 30.3 Å². The summed E-state index contributed by atoms with van der Waals surface area (Å²) >= 11 is 0. The first kappa shape index (κ1) is 18.1. The molecule has 1 heterocycles. The average molecular weight is 367 g/mol. The van der Waals surface area contributed by atoms with Crippen LogP contribution in [-0.2, 0) is 24.2 Å². The molecule has 1 aromatic carbocycles. The van der Waals surface area contributed by atoms with Gasteiger partial charge in [0.2, 0.25) is 0 Å². The highest BCUT2D eigenvalue weighted by molar-refractivity contribution is 5.80.